The average Bonchev–Trinajstić information content (AvgIpc) is 2.39. The van der Waals surface area contributed by atoms with Gasteiger partial charge < -0.3 is 4.74 Å². The van der Waals surface area contributed by atoms with Crippen LogP contribution in [0.5, 0.6) is 5.75 Å². The van der Waals surface area contributed by atoms with Crippen LogP contribution < -0.4 is 4.74 Å². The molecule has 0 aliphatic carbocycles. The lowest BCUT2D eigenvalue weighted by atomic mass is 10.5. The lowest BCUT2D eigenvalue weighted by Crippen LogP contribution is -1.80. The number of ether oxygens (including phenoxy) is 1. The Morgan fingerprint density at radius 2 is 2.10 bits per heavy atom. The number of hydrogen-bond donors (Lipinski definition) is 1. The molecule has 58 valence electrons. The van der Waals surface area contributed by atoms with Crippen molar-refractivity contribution in [1.82, 2.24) is 10.2 Å². The van der Waals surface area contributed by atoms with Crippen molar-refractivity contribution >= 4 is 0 Å². The summed E-state index contributed by atoms with van der Waals surface area (Å²) in [4.78, 5) is 0. The zero-order valence-electron chi connectivity index (χ0n) is 6.93. The average molecular weight is 142 g/mol. The van der Waals surface area contributed by atoms with Crippen LogP contribution in [0, 0.1) is 6.92 Å². The van der Waals surface area contributed by atoms with Crippen molar-refractivity contribution in [1.29, 1.82) is 0 Å². The molecule has 1 aromatic heterocycles. The van der Waals surface area contributed by atoms with Crippen LogP contribution >= 0.6 is 0 Å². The van der Waals surface area contributed by atoms with Gasteiger partial charge >= 0.3 is 0 Å². The number of aryl methyl sites for hydroxylation is 1. The molecule has 0 saturated carbocycles. The summed E-state index contributed by atoms with van der Waals surface area (Å²) in [6, 6.07) is 0. The molecule has 3 heteroatoms. The van der Waals surface area contributed by atoms with Crippen molar-refractivity contribution in [2.75, 3.05) is 7.11 Å². The third-order valence-corrected chi connectivity index (χ3v) is 1.00. The Morgan fingerprint density at radius 1 is 1.50 bits per heavy atom. The van der Waals surface area contributed by atoms with E-state index in [1.165, 1.54) is 0 Å². The van der Waals surface area contributed by atoms with E-state index in [9.17, 15) is 0 Å². The molecule has 1 heterocycles. The summed E-state index contributed by atoms with van der Waals surface area (Å²) in [5, 5.41) is 6.49. The molecule has 0 spiro atoms. The van der Waals surface area contributed by atoms with E-state index in [0.717, 1.165) is 11.4 Å². The van der Waals surface area contributed by atoms with Crippen LogP contribution in [0.1, 0.15) is 19.5 Å². The van der Waals surface area contributed by atoms with Gasteiger partial charge in [-0.05, 0) is 6.92 Å². The lowest BCUT2D eigenvalue weighted by molar-refractivity contribution is 0.412. The van der Waals surface area contributed by atoms with Gasteiger partial charge in [-0.1, -0.05) is 13.8 Å². The van der Waals surface area contributed by atoms with Gasteiger partial charge in [-0.2, -0.15) is 5.10 Å². The van der Waals surface area contributed by atoms with Gasteiger partial charge in [0.25, 0.3) is 0 Å². The third kappa shape index (κ3) is 2.09. The second-order valence-corrected chi connectivity index (χ2v) is 1.56. The minimum Gasteiger partial charge on any atom is -0.493 e. The van der Waals surface area contributed by atoms with E-state index >= 15 is 0 Å². The van der Waals surface area contributed by atoms with Gasteiger partial charge in [0.05, 0.1) is 19.0 Å². The Balaban J connectivity index is 0.000000371. The van der Waals surface area contributed by atoms with Crippen LogP contribution in [-0.2, 0) is 0 Å². The summed E-state index contributed by atoms with van der Waals surface area (Å²) in [5.74, 6) is 0.810. The maximum Gasteiger partial charge on any atom is 0.159 e. The smallest absolute Gasteiger partial charge is 0.159 e. The summed E-state index contributed by atoms with van der Waals surface area (Å²) in [7, 11) is 1.62. The van der Waals surface area contributed by atoms with Gasteiger partial charge in [0.2, 0.25) is 0 Å². The molecule has 0 aliphatic rings. The Hall–Kier alpha value is -0.990. The highest BCUT2D eigenvalue weighted by Gasteiger charge is 1.94. The van der Waals surface area contributed by atoms with Crippen molar-refractivity contribution in [2.24, 2.45) is 0 Å². The second-order valence-electron chi connectivity index (χ2n) is 1.56. The summed E-state index contributed by atoms with van der Waals surface area (Å²) in [5.41, 5.74) is 0.965. The van der Waals surface area contributed by atoms with Gasteiger partial charge in [0.1, 0.15) is 0 Å². The molecule has 0 unspecified atom stereocenters. The predicted octanol–water partition coefficient (Wildman–Crippen LogP) is 1.75. The number of aromatic nitrogens is 2. The van der Waals surface area contributed by atoms with Crippen molar-refractivity contribution in [2.45, 2.75) is 20.8 Å². The van der Waals surface area contributed by atoms with Crippen molar-refractivity contribution < 1.29 is 4.74 Å². The van der Waals surface area contributed by atoms with Crippen molar-refractivity contribution in [3.8, 4) is 5.75 Å². The number of rotatable bonds is 1. The molecule has 0 aromatic carbocycles. The lowest BCUT2D eigenvalue weighted by Gasteiger charge is -1.91. The van der Waals surface area contributed by atoms with Crippen LogP contribution in [0.25, 0.3) is 0 Å². The second kappa shape index (κ2) is 4.85. The first-order valence-corrected chi connectivity index (χ1v) is 3.38. The number of H-pyrrole nitrogens is 1. The quantitative estimate of drug-likeness (QED) is 0.648. The molecule has 1 N–H and O–H groups in total. The molecule has 0 saturated heterocycles. The third-order valence-electron chi connectivity index (χ3n) is 1.00. The van der Waals surface area contributed by atoms with Gasteiger partial charge in [-0.3, -0.25) is 5.10 Å². The fourth-order valence-electron chi connectivity index (χ4n) is 0.545. The van der Waals surface area contributed by atoms with Crippen LogP contribution in [0.2, 0.25) is 0 Å². The fourth-order valence-corrected chi connectivity index (χ4v) is 0.545. The zero-order valence-corrected chi connectivity index (χ0v) is 6.93. The first-order valence-electron chi connectivity index (χ1n) is 3.38. The molecule has 0 fully saturated rings. The molecule has 1 rings (SSSR count). The summed E-state index contributed by atoms with van der Waals surface area (Å²) in [6.07, 6.45) is 1.65. The van der Waals surface area contributed by atoms with Crippen LogP contribution in [-0.4, -0.2) is 17.3 Å². The molecule has 3 nitrogen and oxygen atoms in total. The number of aromatic amines is 1. The molecule has 0 aliphatic heterocycles. The predicted molar refractivity (Wildman–Crippen MR) is 41.2 cm³/mol. The summed E-state index contributed by atoms with van der Waals surface area (Å²) >= 11 is 0. The molecule has 1 aromatic rings. The van der Waals surface area contributed by atoms with Crippen LogP contribution in [0.15, 0.2) is 6.20 Å². The highest BCUT2D eigenvalue weighted by Crippen LogP contribution is 2.10. The van der Waals surface area contributed by atoms with E-state index in [-0.39, 0.29) is 0 Å². The molecule has 0 bridgehead atoms. The number of nitrogens with zero attached hydrogens (tertiary/aromatic N) is 1. The SMILES string of the molecule is CC.COc1cn[nH]c1C. The topological polar surface area (TPSA) is 37.9 Å². The van der Waals surface area contributed by atoms with Crippen LogP contribution in [0.3, 0.4) is 0 Å². The van der Waals surface area contributed by atoms with E-state index < -0.39 is 0 Å². The Kier molecular flexibility index (Phi) is 4.37. The van der Waals surface area contributed by atoms with Gasteiger partial charge in [0.15, 0.2) is 5.75 Å². The maximum atomic E-state index is 4.89. The molecule has 10 heavy (non-hydrogen) atoms. The zero-order chi connectivity index (χ0) is 7.98. The fraction of sp³-hybridized carbons (Fsp3) is 0.571. The summed E-state index contributed by atoms with van der Waals surface area (Å²) < 4.78 is 4.89. The van der Waals surface area contributed by atoms with Crippen LogP contribution in [0.4, 0.5) is 0 Å². The van der Waals surface area contributed by atoms with E-state index in [4.69, 9.17) is 4.74 Å². The first-order chi connectivity index (χ1) is 4.84. The largest absolute Gasteiger partial charge is 0.493 e. The van der Waals surface area contributed by atoms with E-state index in [0.29, 0.717) is 0 Å². The molecule has 0 amide bonds. The minimum absolute atomic E-state index is 0.810. The summed E-state index contributed by atoms with van der Waals surface area (Å²) in [6.45, 7) is 5.91. The molecular formula is C7H14N2O. The molecular weight excluding hydrogens is 128 g/mol. The maximum absolute atomic E-state index is 4.89. The highest BCUT2D eigenvalue weighted by atomic mass is 16.5. The van der Waals surface area contributed by atoms with E-state index in [1.54, 1.807) is 13.3 Å². The van der Waals surface area contributed by atoms with Gasteiger partial charge in [-0.25, -0.2) is 0 Å². The van der Waals surface area contributed by atoms with Gasteiger partial charge in [0, 0.05) is 0 Å². The Bertz CT molecular complexity index is 172. The monoisotopic (exact) mass is 142 g/mol. The Morgan fingerprint density at radius 3 is 2.30 bits per heavy atom. The normalized spacial score (nSPS) is 8.00. The number of hydrogen-bond acceptors (Lipinski definition) is 2. The first kappa shape index (κ1) is 9.01. The number of methoxy groups -OCH3 is 1. The number of nitrogens with one attached hydrogen (secondary N) is 1. The molecule has 0 atom stereocenters. The Labute approximate surface area is 61.4 Å². The van der Waals surface area contributed by atoms with E-state index in [1.807, 2.05) is 20.8 Å². The highest BCUT2D eigenvalue weighted by molar-refractivity contribution is 5.21. The van der Waals surface area contributed by atoms with Crippen molar-refractivity contribution in [3.05, 3.63) is 11.9 Å². The molecule has 0 radical (unpaired) electrons. The van der Waals surface area contributed by atoms with Crippen molar-refractivity contribution in [3.63, 3.8) is 0 Å². The standard InChI is InChI=1S/C5H8N2O.C2H6/c1-4-5(8-2)3-6-7-4;1-2/h3H,1-2H3,(H,6,7);1-2H3. The van der Waals surface area contributed by atoms with E-state index in [2.05, 4.69) is 10.2 Å². The minimum atomic E-state index is 0.810. The van der Waals surface area contributed by atoms with Gasteiger partial charge in [-0.15, -0.1) is 0 Å².